The lowest BCUT2D eigenvalue weighted by molar-refractivity contribution is -0.384. The van der Waals surface area contributed by atoms with E-state index in [1.807, 2.05) is 60.7 Å². The van der Waals surface area contributed by atoms with Crippen molar-refractivity contribution in [2.24, 2.45) is 0 Å². The third-order valence-electron chi connectivity index (χ3n) is 6.37. The maximum Gasteiger partial charge on any atom is 0.272 e. The number of non-ortho nitro benzene ring substituents is 1. The van der Waals surface area contributed by atoms with Crippen molar-refractivity contribution >= 4 is 11.6 Å². The Bertz CT molecular complexity index is 1590. The molecule has 1 aromatic heterocycles. The molecule has 39 heavy (non-hydrogen) atoms. The number of hydrogen-bond donors (Lipinski definition) is 0. The fourth-order valence-corrected chi connectivity index (χ4v) is 4.36. The van der Waals surface area contributed by atoms with Crippen LogP contribution >= 0.6 is 0 Å². The largest absolute Gasteiger partial charge is 0.333 e. The fraction of sp³-hybridized carbons (Fsp3) is 0.0968. The zero-order valence-electron chi connectivity index (χ0n) is 21.0. The predicted molar refractivity (Wildman–Crippen MR) is 147 cm³/mol. The Morgan fingerprint density at radius 1 is 0.846 bits per heavy atom. The second kappa shape index (κ2) is 11.5. The molecule has 0 saturated heterocycles. The van der Waals surface area contributed by atoms with E-state index in [0.717, 1.165) is 11.1 Å². The van der Waals surface area contributed by atoms with E-state index in [2.05, 4.69) is 5.10 Å². The summed E-state index contributed by atoms with van der Waals surface area (Å²) in [6.07, 6.45) is 0.648. The molecule has 0 saturated carbocycles. The maximum atomic E-state index is 14.2. The highest BCUT2D eigenvalue weighted by molar-refractivity contribution is 5.94. The van der Waals surface area contributed by atoms with Gasteiger partial charge in [-0.05, 0) is 53.9 Å². The first-order valence-electron chi connectivity index (χ1n) is 12.5. The molecule has 0 fully saturated rings. The van der Waals surface area contributed by atoms with Gasteiger partial charge < -0.3 is 4.90 Å². The SMILES string of the molecule is O=C(c1cc(-c2ccc(F)cc2)nn1-c1cccc([N+](=O)[O-])c1)N(CCc1ccccc1)Cc1ccccc1. The molecule has 0 radical (unpaired) electrons. The van der Waals surface area contributed by atoms with Crippen molar-refractivity contribution in [3.63, 3.8) is 0 Å². The van der Waals surface area contributed by atoms with Crippen LogP contribution in [0.1, 0.15) is 21.6 Å². The van der Waals surface area contributed by atoms with E-state index in [-0.39, 0.29) is 23.1 Å². The van der Waals surface area contributed by atoms with Gasteiger partial charge in [0.1, 0.15) is 11.5 Å². The molecule has 8 heteroatoms. The molecule has 1 heterocycles. The molecule has 0 aliphatic rings. The molecule has 194 valence electrons. The van der Waals surface area contributed by atoms with Crippen LogP contribution in [-0.2, 0) is 13.0 Å². The number of amides is 1. The van der Waals surface area contributed by atoms with Gasteiger partial charge in [0, 0.05) is 30.8 Å². The maximum absolute atomic E-state index is 14.2. The highest BCUT2D eigenvalue weighted by Gasteiger charge is 2.24. The van der Waals surface area contributed by atoms with Gasteiger partial charge in [0.05, 0.1) is 16.3 Å². The van der Waals surface area contributed by atoms with Gasteiger partial charge in [-0.15, -0.1) is 0 Å². The molecule has 1 amide bonds. The number of carbonyl (C=O) groups is 1. The summed E-state index contributed by atoms with van der Waals surface area (Å²) in [5.74, 6) is -0.662. The predicted octanol–water partition coefficient (Wildman–Crippen LogP) is 6.47. The number of halogens is 1. The highest BCUT2D eigenvalue weighted by atomic mass is 19.1. The van der Waals surface area contributed by atoms with Gasteiger partial charge >= 0.3 is 0 Å². The minimum Gasteiger partial charge on any atom is -0.333 e. The van der Waals surface area contributed by atoms with E-state index < -0.39 is 4.92 Å². The minimum absolute atomic E-state index is 0.116. The summed E-state index contributed by atoms with van der Waals surface area (Å²) >= 11 is 0. The van der Waals surface area contributed by atoms with Crippen molar-refractivity contribution in [2.45, 2.75) is 13.0 Å². The van der Waals surface area contributed by atoms with Crippen molar-refractivity contribution in [1.29, 1.82) is 0 Å². The van der Waals surface area contributed by atoms with E-state index in [0.29, 0.717) is 36.5 Å². The Morgan fingerprint density at radius 2 is 1.51 bits per heavy atom. The van der Waals surface area contributed by atoms with E-state index in [4.69, 9.17) is 0 Å². The zero-order chi connectivity index (χ0) is 27.2. The van der Waals surface area contributed by atoms with E-state index in [1.165, 1.54) is 28.9 Å². The molecule has 0 N–H and O–H groups in total. The van der Waals surface area contributed by atoms with Crippen LogP contribution in [0.4, 0.5) is 10.1 Å². The Labute approximate surface area is 224 Å². The van der Waals surface area contributed by atoms with Crippen LogP contribution in [0, 0.1) is 15.9 Å². The summed E-state index contributed by atoms with van der Waals surface area (Å²) in [6.45, 7) is 0.822. The first-order chi connectivity index (χ1) is 19.0. The smallest absolute Gasteiger partial charge is 0.272 e. The second-order valence-corrected chi connectivity index (χ2v) is 9.06. The molecular weight excluding hydrogens is 495 g/mol. The summed E-state index contributed by atoms with van der Waals surface area (Å²) in [7, 11) is 0. The standard InChI is InChI=1S/C31H25FN4O3/c32-26-16-14-25(15-17-26)29-21-30(35(33-29)27-12-7-13-28(20-27)36(38)39)31(37)34(22-24-10-5-2-6-11-24)19-18-23-8-3-1-4-9-23/h1-17,20-21H,18-19,22H2. The average molecular weight is 521 g/mol. The molecule has 7 nitrogen and oxygen atoms in total. The third-order valence-corrected chi connectivity index (χ3v) is 6.37. The van der Waals surface area contributed by atoms with E-state index >= 15 is 0 Å². The molecule has 4 aromatic carbocycles. The van der Waals surface area contributed by atoms with Crippen LogP contribution < -0.4 is 0 Å². The normalized spacial score (nSPS) is 10.8. The molecule has 0 unspecified atom stereocenters. The second-order valence-electron chi connectivity index (χ2n) is 9.06. The van der Waals surface area contributed by atoms with Crippen LogP contribution in [0.2, 0.25) is 0 Å². The first-order valence-corrected chi connectivity index (χ1v) is 12.5. The highest BCUT2D eigenvalue weighted by Crippen LogP contribution is 2.25. The van der Waals surface area contributed by atoms with Gasteiger partial charge in [0.2, 0.25) is 0 Å². The molecule has 5 rings (SSSR count). The molecule has 0 spiro atoms. The van der Waals surface area contributed by atoms with Gasteiger partial charge in [-0.25, -0.2) is 9.07 Å². The molecule has 0 aliphatic carbocycles. The van der Waals surface area contributed by atoms with Crippen molar-refractivity contribution in [2.75, 3.05) is 6.54 Å². The van der Waals surface area contributed by atoms with Gasteiger partial charge in [0.25, 0.3) is 11.6 Å². The first kappa shape index (κ1) is 25.5. The number of rotatable bonds is 9. The number of carbonyl (C=O) groups excluding carboxylic acids is 1. The van der Waals surface area contributed by atoms with Crippen molar-refractivity contribution < 1.29 is 14.1 Å². The van der Waals surface area contributed by atoms with Crippen molar-refractivity contribution in [1.82, 2.24) is 14.7 Å². The number of hydrogen-bond acceptors (Lipinski definition) is 4. The van der Waals surface area contributed by atoms with Crippen LogP contribution in [0.3, 0.4) is 0 Å². The molecular formula is C31H25FN4O3. The van der Waals surface area contributed by atoms with Gasteiger partial charge in [-0.2, -0.15) is 5.10 Å². The molecule has 0 aliphatic heterocycles. The number of nitro groups is 1. The lowest BCUT2D eigenvalue weighted by atomic mass is 10.1. The van der Waals surface area contributed by atoms with Gasteiger partial charge in [-0.1, -0.05) is 66.7 Å². The molecule has 0 atom stereocenters. The Hall–Kier alpha value is -5.11. The lowest BCUT2D eigenvalue weighted by Crippen LogP contribution is -2.34. The van der Waals surface area contributed by atoms with Gasteiger partial charge in [0.15, 0.2) is 0 Å². The van der Waals surface area contributed by atoms with Crippen LogP contribution in [0.25, 0.3) is 16.9 Å². The Kier molecular flexibility index (Phi) is 7.54. The van der Waals surface area contributed by atoms with Gasteiger partial charge in [-0.3, -0.25) is 14.9 Å². The zero-order valence-corrected chi connectivity index (χ0v) is 21.0. The monoisotopic (exact) mass is 520 g/mol. The summed E-state index contributed by atoms with van der Waals surface area (Å²) in [4.78, 5) is 26.9. The summed E-state index contributed by atoms with van der Waals surface area (Å²) in [6, 6.07) is 33.1. The van der Waals surface area contributed by atoms with E-state index in [9.17, 15) is 19.3 Å². The number of nitrogens with zero attached hydrogens (tertiary/aromatic N) is 4. The number of nitro benzene ring substituents is 1. The number of benzene rings is 4. The quantitative estimate of drug-likeness (QED) is 0.165. The topological polar surface area (TPSA) is 81.3 Å². The number of aromatic nitrogens is 2. The van der Waals surface area contributed by atoms with Crippen LogP contribution in [0.5, 0.6) is 0 Å². The Morgan fingerprint density at radius 3 is 2.18 bits per heavy atom. The van der Waals surface area contributed by atoms with Crippen LogP contribution in [0.15, 0.2) is 115 Å². The minimum atomic E-state index is -0.489. The van der Waals surface area contributed by atoms with E-state index in [1.54, 1.807) is 35.2 Å². The summed E-state index contributed by atoms with van der Waals surface area (Å²) < 4.78 is 15.0. The van der Waals surface area contributed by atoms with Crippen molar-refractivity contribution in [3.8, 4) is 16.9 Å². The molecule has 0 bridgehead atoms. The third kappa shape index (κ3) is 6.07. The molecule has 5 aromatic rings. The Balaban J connectivity index is 1.57. The average Bonchev–Trinajstić information content (AvgIpc) is 3.42. The van der Waals surface area contributed by atoms with Crippen molar-refractivity contribution in [3.05, 3.63) is 148 Å². The summed E-state index contributed by atoms with van der Waals surface area (Å²) in [5, 5.41) is 16.1. The fourth-order valence-electron chi connectivity index (χ4n) is 4.36. The van der Waals surface area contributed by atoms with Crippen LogP contribution in [-0.4, -0.2) is 32.1 Å². The summed E-state index contributed by atoms with van der Waals surface area (Å²) in [5.41, 5.74) is 3.65. The lowest BCUT2D eigenvalue weighted by Gasteiger charge is -2.23.